The number of aliphatic hydroxyl groups excluding tert-OH is 1. The number of carbonyl (C=O) groups excluding carboxylic acids is 1. The number of carbonyl (C=O) groups is 1. The van der Waals surface area contributed by atoms with Crippen LogP contribution < -0.4 is 0 Å². The van der Waals surface area contributed by atoms with Crippen molar-refractivity contribution >= 4 is 6.09 Å². The minimum absolute atomic E-state index is 0.0186. The van der Waals surface area contributed by atoms with Crippen molar-refractivity contribution in [3.8, 4) is 0 Å². The third-order valence-corrected chi connectivity index (χ3v) is 4.60. The second-order valence-electron chi connectivity index (χ2n) is 7.72. The van der Waals surface area contributed by atoms with E-state index >= 15 is 0 Å². The molecular weight excluding hydrogens is 306 g/mol. The van der Waals surface area contributed by atoms with Crippen LogP contribution in [0.4, 0.5) is 4.79 Å². The Morgan fingerprint density at radius 3 is 2.75 bits per heavy atom. The lowest BCUT2D eigenvalue weighted by atomic mass is 10.0. The van der Waals surface area contributed by atoms with Crippen molar-refractivity contribution in [3.05, 3.63) is 35.4 Å². The topological polar surface area (TPSA) is 59.0 Å². The maximum atomic E-state index is 12.9. The van der Waals surface area contributed by atoms with Crippen LogP contribution in [0.2, 0.25) is 0 Å². The molecule has 0 saturated carbocycles. The van der Waals surface area contributed by atoms with Crippen LogP contribution in [0, 0.1) is 0 Å². The number of fused-ring (bicyclic) bond motifs is 1. The maximum absolute atomic E-state index is 12.9. The van der Waals surface area contributed by atoms with Crippen LogP contribution in [-0.4, -0.2) is 47.1 Å². The Hall–Kier alpha value is -1.59. The molecule has 0 aromatic heterocycles. The molecule has 0 spiro atoms. The summed E-state index contributed by atoms with van der Waals surface area (Å²) in [6.07, 6.45) is 1.50. The van der Waals surface area contributed by atoms with Crippen LogP contribution in [0.1, 0.15) is 50.8 Å². The standard InChI is InChI=1S/C19H27NO4/c1-19(2,3)24-18(22)20(14-10-15(21)12-23-11-14)17-9-8-13-6-4-5-7-16(13)17/h4-7,14-15,17,21H,8-12H2,1-3H3. The zero-order valence-corrected chi connectivity index (χ0v) is 14.7. The minimum Gasteiger partial charge on any atom is -0.444 e. The van der Waals surface area contributed by atoms with Crippen molar-refractivity contribution in [3.63, 3.8) is 0 Å². The lowest BCUT2D eigenvalue weighted by Gasteiger charge is -2.40. The molecule has 132 valence electrons. The first-order valence-corrected chi connectivity index (χ1v) is 8.70. The van der Waals surface area contributed by atoms with Crippen LogP contribution in [0.5, 0.6) is 0 Å². The first kappa shape index (κ1) is 17.2. The number of hydrogen-bond donors (Lipinski definition) is 1. The fourth-order valence-electron chi connectivity index (χ4n) is 3.65. The normalized spacial score (nSPS) is 26.8. The molecule has 1 fully saturated rings. The van der Waals surface area contributed by atoms with Crippen molar-refractivity contribution in [2.45, 2.75) is 63.8 Å². The molecule has 1 aromatic carbocycles. The van der Waals surface area contributed by atoms with Crippen LogP contribution >= 0.6 is 0 Å². The number of rotatable bonds is 2. The Morgan fingerprint density at radius 1 is 1.29 bits per heavy atom. The molecule has 5 heteroatoms. The summed E-state index contributed by atoms with van der Waals surface area (Å²) >= 11 is 0. The van der Waals surface area contributed by atoms with Gasteiger partial charge in [-0.25, -0.2) is 4.79 Å². The highest BCUT2D eigenvalue weighted by atomic mass is 16.6. The van der Waals surface area contributed by atoms with E-state index in [1.165, 1.54) is 11.1 Å². The fourth-order valence-corrected chi connectivity index (χ4v) is 3.65. The number of hydrogen-bond acceptors (Lipinski definition) is 4. The number of aliphatic hydroxyl groups is 1. The van der Waals surface area contributed by atoms with Crippen molar-refractivity contribution in [2.24, 2.45) is 0 Å². The minimum atomic E-state index is -0.554. The summed E-state index contributed by atoms with van der Waals surface area (Å²) < 4.78 is 11.2. The summed E-state index contributed by atoms with van der Waals surface area (Å²) in [5, 5.41) is 9.98. The second-order valence-corrected chi connectivity index (χ2v) is 7.72. The zero-order valence-electron chi connectivity index (χ0n) is 14.7. The average molecular weight is 333 g/mol. The van der Waals surface area contributed by atoms with Gasteiger partial charge in [-0.3, -0.25) is 4.90 Å². The van der Waals surface area contributed by atoms with E-state index < -0.39 is 11.7 Å². The highest BCUT2D eigenvalue weighted by molar-refractivity contribution is 5.70. The summed E-state index contributed by atoms with van der Waals surface area (Å²) in [7, 11) is 0. The molecule has 3 rings (SSSR count). The van der Waals surface area contributed by atoms with Crippen molar-refractivity contribution in [1.29, 1.82) is 0 Å². The first-order valence-electron chi connectivity index (χ1n) is 8.70. The van der Waals surface area contributed by atoms with Gasteiger partial charge in [0.1, 0.15) is 5.60 Å². The molecule has 1 amide bonds. The summed E-state index contributed by atoms with van der Waals surface area (Å²) in [6, 6.07) is 8.07. The van der Waals surface area contributed by atoms with E-state index in [0.717, 1.165) is 12.8 Å². The molecule has 3 atom stereocenters. The van der Waals surface area contributed by atoms with E-state index in [9.17, 15) is 9.90 Å². The van der Waals surface area contributed by atoms with Gasteiger partial charge < -0.3 is 14.6 Å². The lowest BCUT2D eigenvalue weighted by molar-refractivity contribution is -0.0683. The van der Waals surface area contributed by atoms with Crippen molar-refractivity contribution < 1.29 is 19.4 Å². The van der Waals surface area contributed by atoms with Gasteiger partial charge in [-0.05, 0) is 51.2 Å². The van der Waals surface area contributed by atoms with Gasteiger partial charge in [0.25, 0.3) is 0 Å². The van der Waals surface area contributed by atoms with Gasteiger partial charge in [-0.15, -0.1) is 0 Å². The fraction of sp³-hybridized carbons (Fsp3) is 0.632. The van der Waals surface area contributed by atoms with E-state index in [0.29, 0.717) is 19.6 Å². The highest BCUT2D eigenvalue weighted by Crippen LogP contribution is 2.38. The molecule has 5 nitrogen and oxygen atoms in total. The molecule has 1 aromatic rings. The van der Waals surface area contributed by atoms with Crippen molar-refractivity contribution in [1.82, 2.24) is 4.90 Å². The van der Waals surface area contributed by atoms with E-state index in [2.05, 4.69) is 12.1 Å². The molecule has 1 heterocycles. The van der Waals surface area contributed by atoms with Gasteiger partial charge in [0.15, 0.2) is 0 Å². The van der Waals surface area contributed by atoms with Gasteiger partial charge >= 0.3 is 6.09 Å². The summed E-state index contributed by atoms with van der Waals surface area (Å²) in [5.41, 5.74) is 1.92. The zero-order chi connectivity index (χ0) is 17.3. The Morgan fingerprint density at radius 2 is 2.04 bits per heavy atom. The average Bonchev–Trinajstić information content (AvgIpc) is 2.90. The Labute approximate surface area is 143 Å². The number of amides is 1. The first-order chi connectivity index (χ1) is 11.3. The molecule has 2 aliphatic rings. The van der Waals surface area contributed by atoms with E-state index in [4.69, 9.17) is 9.47 Å². The molecule has 0 radical (unpaired) electrons. The van der Waals surface area contributed by atoms with Gasteiger partial charge in [-0.1, -0.05) is 24.3 Å². The van der Waals surface area contributed by atoms with Gasteiger partial charge in [0, 0.05) is 0 Å². The van der Waals surface area contributed by atoms with Crippen LogP contribution in [0.3, 0.4) is 0 Å². The van der Waals surface area contributed by atoms with Crippen molar-refractivity contribution in [2.75, 3.05) is 13.2 Å². The van der Waals surface area contributed by atoms with Gasteiger partial charge in [-0.2, -0.15) is 0 Å². The van der Waals surface area contributed by atoms with Crippen LogP contribution in [-0.2, 0) is 15.9 Å². The number of ether oxygens (including phenoxy) is 2. The second kappa shape index (κ2) is 6.73. The van der Waals surface area contributed by atoms with E-state index in [-0.39, 0.29) is 18.2 Å². The monoisotopic (exact) mass is 333 g/mol. The molecule has 3 unspecified atom stereocenters. The third-order valence-electron chi connectivity index (χ3n) is 4.60. The molecule has 0 bridgehead atoms. The smallest absolute Gasteiger partial charge is 0.411 e. The predicted molar refractivity (Wildman–Crippen MR) is 90.8 cm³/mol. The molecular formula is C19H27NO4. The Balaban J connectivity index is 1.89. The predicted octanol–water partition coefficient (Wildman–Crippen LogP) is 3.06. The molecule has 1 aliphatic carbocycles. The Bertz CT molecular complexity index is 595. The molecule has 1 N–H and O–H groups in total. The molecule has 1 aliphatic heterocycles. The van der Waals surface area contributed by atoms with E-state index in [1.807, 2.05) is 32.9 Å². The SMILES string of the molecule is CC(C)(C)OC(=O)N(C1COCC(O)C1)C1CCc2ccccc21. The molecule has 1 saturated heterocycles. The summed E-state index contributed by atoms with van der Waals surface area (Å²) in [4.78, 5) is 14.7. The summed E-state index contributed by atoms with van der Waals surface area (Å²) in [6.45, 7) is 6.39. The van der Waals surface area contributed by atoms with Gasteiger partial charge in [0.2, 0.25) is 0 Å². The Kier molecular flexibility index (Phi) is 4.83. The third kappa shape index (κ3) is 3.73. The lowest BCUT2D eigenvalue weighted by Crippen LogP contribution is -2.50. The number of aryl methyl sites for hydroxylation is 1. The van der Waals surface area contributed by atoms with Crippen LogP contribution in [0.15, 0.2) is 24.3 Å². The summed E-state index contributed by atoms with van der Waals surface area (Å²) in [5.74, 6) is 0. The molecule has 24 heavy (non-hydrogen) atoms. The quantitative estimate of drug-likeness (QED) is 0.904. The largest absolute Gasteiger partial charge is 0.444 e. The van der Waals surface area contributed by atoms with Gasteiger partial charge in [0.05, 0.1) is 31.4 Å². The number of nitrogens with zero attached hydrogens (tertiary/aromatic N) is 1. The number of benzene rings is 1. The van der Waals surface area contributed by atoms with E-state index in [1.54, 1.807) is 4.90 Å². The maximum Gasteiger partial charge on any atom is 0.411 e. The van der Waals surface area contributed by atoms with Crippen LogP contribution in [0.25, 0.3) is 0 Å². The highest BCUT2D eigenvalue weighted by Gasteiger charge is 2.39.